The van der Waals surface area contributed by atoms with Crippen LogP contribution < -0.4 is 15.5 Å². The second-order valence-corrected chi connectivity index (χ2v) is 10.0. The largest absolute Gasteiger partial charge is 0.369 e. The lowest BCUT2D eigenvalue weighted by atomic mass is 10.1. The second kappa shape index (κ2) is 9.95. The third-order valence-electron chi connectivity index (χ3n) is 4.46. The van der Waals surface area contributed by atoms with Gasteiger partial charge in [0.25, 0.3) is 0 Å². The van der Waals surface area contributed by atoms with E-state index in [-0.39, 0.29) is 4.75 Å². The lowest BCUT2D eigenvalue weighted by Gasteiger charge is -2.35. The maximum Gasteiger partial charge on any atom is 0.191 e. The summed E-state index contributed by atoms with van der Waals surface area (Å²) in [5.41, 5.74) is 1.28. The molecule has 0 aromatic heterocycles. The monoisotopic (exact) mass is 378 g/mol. The van der Waals surface area contributed by atoms with Gasteiger partial charge in [-0.2, -0.15) is 0 Å². The SMILES string of the molecule is CCNC(=NCCS(=O)C(C)(C)C)NC1CCCN(c2ccccc2)C1. The van der Waals surface area contributed by atoms with E-state index in [1.54, 1.807) is 0 Å². The highest BCUT2D eigenvalue weighted by Gasteiger charge is 2.21. The first-order chi connectivity index (χ1) is 12.4. The van der Waals surface area contributed by atoms with Crippen molar-refractivity contribution in [3.05, 3.63) is 30.3 Å². The van der Waals surface area contributed by atoms with Gasteiger partial charge in [-0.05, 0) is 52.7 Å². The van der Waals surface area contributed by atoms with Gasteiger partial charge in [0.15, 0.2) is 5.96 Å². The van der Waals surface area contributed by atoms with E-state index in [0.717, 1.165) is 32.0 Å². The fourth-order valence-electron chi connectivity index (χ4n) is 3.03. The molecular formula is C20H34N4OS. The third kappa shape index (κ3) is 6.63. The maximum absolute atomic E-state index is 12.2. The van der Waals surface area contributed by atoms with Crippen LogP contribution in [0.4, 0.5) is 5.69 Å². The predicted molar refractivity (Wildman–Crippen MR) is 114 cm³/mol. The van der Waals surface area contributed by atoms with E-state index in [4.69, 9.17) is 0 Å². The summed E-state index contributed by atoms with van der Waals surface area (Å²) in [6.45, 7) is 11.6. The highest BCUT2D eigenvalue weighted by Crippen LogP contribution is 2.19. The fraction of sp³-hybridized carbons (Fsp3) is 0.650. The van der Waals surface area contributed by atoms with Crippen LogP contribution in [0.25, 0.3) is 0 Å². The molecule has 1 fully saturated rings. The Bertz CT molecular complexity index is 598. The van der Waals surface area contributed by atoms with Crippen molar-refractivity contribution in [1.29, 1.82) is 0 Å². The molecule has 1 heterocycles. The molecule has 0 bridgehead atoms. The van der Waals surface area contributed by atoms with Crippen LogP contribution in [0.1, 0.15) is 40.5 Å². The Balaban J connectivity index is 1.91. The average Bonchev–Trinajstić information content (AvgIpc) is 2.62. The quantitative estimate of drug-likeness (QED) is 0.590. The lowest BCUT2D eigenvalue weighted by Crippen LogP contribution is -2.51. The van der Waals surface area contributed by atoms with E-state index < -0.39 is 10.8 Å². The van der Waals surface area contributed by atoms with Crippen LogP contribution in [0.15, 0.2) is 35.3 Å². The first kappa shape index (κ1) is 20.7. The topological polar surface area (TPSA) is 56.7 Å². The molecule has 2 N–H and O–H groups in total. The normalized spacial score (nSPS) is 19.9. The van der Waals surface area contributed by atoms with Crippen LogP contribution in [-0.2, 0) is 10.8 Å². The summed E-state index contributed by atoms with van der Waals surface area (Å²) in [6, 6.07) is 10.9. The molecule has 1 aromatic rings. The van der Waals surface area contributed by atoms with E-state index >= 15 is 0 Å². The van der Waals surface area contributed by atoms with Crippen LogP contribution in [0.3, 0.4) is 0 Å². The van der Waals surface area contributed by atoms with Crippen molar-refractivity contribution in [2.24, 2.45) is 4.99 Å². The van der Waals surface area contributed by atoms with E-state index in [1.165, 1.54) is 12.1 Å². The van der Waals surface area contributed by atoms with Crippen molar-refractivity contribution < 1.29 is 4.21 Å². The summed E-state index contributed by atoms with van der Waals surface area (Å²) in [7, 11) is -0.866. The van der Waals surface area contributed by atoms with Crippen LogP contribution in [0.2, 0.25) is 0 Å². The summed E-state index contributed by atoms with van der Waals surface area (Å²) in [4.78, 5) is 7.07. The number of piperidine rings is 1. The molecule has 26 heavy (non-hydrogen) atoms. The Morgan fingerprint density at radius 2 is 2.04 bits per heavy atom. The van der Waals surface area contributed by atoms with E-state index in [1.807, 2.05) is 20.8 Å². The molecule has 0 amide bonds. The molecule has 0 spiro atoms. The first-order valence-corrected chi connectivity index (χ1v) is 11.0. The van der Waals surface area contributed by atoms with Crippen molar-refractivity contribution in [1.82, 2.24) is 10.6 Å². The Morgan fingerprint density at radius 1 is 1.31 bits per heavy atom. The molecule has 0 radical (unpaired) electrons. The smallest absolute Gasteiger partial charge is 0.191 e. The van der Waals surface area contributed by atoms with E-state index in [0.29, 0.717) is 18.3 Å². The number of benzene rings is 1. The summed E-state index contributed by atoms with van der Waals surface area (Å²) in [6.07, 6.45) is 2.31. The van der Waals surface area contributed by atoms with Gasteiger partial charge < -0.3 is 15.5 Å². The number of nitrogens with zero attached hydrogens (tertiary/aromatic N) is 2. The number of guanidine groups is 1. The molecule has 2 atom stereocenters. The minimum atomic E-state index is -0.866. The van der Waals surface area contributed by atoms with Gasteiger partial charge in [0.2, 0.25) is 0 Å². The number of rotatable bonds is 6. The third-order valence-corrected chi connectivity index (χ3v) is 6.38. The van der Waals surface area contributed by atoms with Crippen molar-refractivity contribution in [3.63, 3.8) is 0 Å². The minimum absolute atomic E-state index is 0.180. The van der Waals surface area contributed by atoms with Crippen molar-refractivity contribution in [2.45, 2.75) is 51.3 Å². The van der Waals surface area contributed by atoms with Gasteiger partial charge in [0.1, 0.15) is 0 Å². The highest BCUT2D eigenvalue weighted by atomic mass is 32.2. The highest BCUT2D eigenvalue weighted by molar-refractivity contribution is 7.86. The second-order valence-electron chi connectivity index (χ2n) is 7.69. The van der Waals surface area contributed by atoms with Gasteiger partial charge in [-0.3, -0.25) is 9.20 Å². The Labute approximate surface area is 161 Å². The van der Waals surface area contributed by atoms with Crippen LogP contribution in [-0.4, -0.2) is 52.9 Å². The van der Waals surface area contributed by atoms with E-state index in [9.17, 15) is 4.21 Å². The van der Waals surface area contributed by atoms with Crippen LogP contribution >= 0.6 is 0 Å². The number of nitrogens with one attached hydrogen (secondary N) is 2. The number of aliphatic imine (C=N–C) groups is 1. The molecule has 1 aliphatic rings. The van der Waals surface area contributed by atoms with Gasteiger partial charge >= 0.3 is 0 Å². The zero-order valence-corrected chi connectivity index (χ0v) is 17.4. The molecule has 2 rings (SSSR count). The molecule has 146 valence electrons. The van der Waals surface area contributed by atoms with E-state index in [2.05, 4.69) is 57.8 Å². The molecule has 0 aliphatic carbocycles. The minimum Gasteiger partial charge on any atom is -0.369 e. The molecule has 2 unspecified atom stereocenters. The van der Waals surface area contributed by atoms with Gasteiger partial charge in [0.05, 0.1) is 6.54 Å². The zero-order chi connectivity index (χ0) is 19.0. The standard InChI is InChI=1S/C20H34N4OS/c1-5-21-19(22-13-15-26(25)20(2,3)4)23-17-10-9-14-24(16-17)18-11-7-6-8-12-18/h6-8,11-12,17H,5,9-10,13-16H2,1-4H3,(H2,21,22,23). The van der Waals surface area contributed by atoms with Crippen molar-refractivity contribution >= 4 is 22.4 Å². The number of hydrogen-bond donors (Lipinski definition) is 2. The Kier molecular flexibility index (Phi) is 7.94. The molecule has 1 aliphatic heterocycles. The zero-order valence-electron chi connectivity index (χ0n) is 16.6. The number of anilines is 1. The van der Waals surface area contributed by atoms with Crippen molar-refractivity contribution in [2.75, 3.05) is 36.8 Å². The summed E-state index contributed by atoms with van der Waals surface area (Å²) < 4.78 is 12.0. The molecule has 0 saturated carbocycles. The predicted octanol–water partition coefficient (Wildman–Crippen LogP) is 2.76. The van der Waals surface area contributed by atoms with Gasteiger partial charge in [-0.25, -0.2) is 0 Å². The van der Waals surface area contributed by atoms with Gasteiger partial charge in [-0.1, -0.05) is 18.2 Å². The molecular weight excluding hydrogens is 344 g/mol. The number of hydrogen-bond acceptors (Lipinski definition) is 3. The maximum atomic E-state index is 12.2. The van der Waals surface area contributed by atoms with Gasteiger partial charge in [-0.15, -0.1) is 0 Å². The lowest BCUT2D eigenvalue weighted by molar-refractivity contribution is 0.468. The van der Waals surface area contributed by atoms with Crippen LogP contribution in [0, 0.1) is 0 Å². The summed E-state index contributed by atoms with van der Waals surface area (Å²) >= 11 is 0. The molecule has 6 heteroatoms. The summed E-state index contributed by atoms with van der Waals surface area (Å²) in [5.74, 6) is 1.43. The van der Waals surface area contributed by atoms with Crippen LogP contribution in [0.5, 0.6) is 0 Å². The molecule has 5 nitrogen and oxygen atoms in total. The average molecular weight is 379 g/mol. The fourth-order valence-corrected chi connectivity index (χ4v) is 3.90. The number of para-hydroxylation sites is 1. The molecule has 1 aromatic carbocycles. The first-order valence-electron chi connectivity index (χ1n) is 9.63. The molecule has 1 saturated heterocycles. The van der Waals surface area contributed by atoms with Crippen molar-refractivity contribution in [3.8, 4) is 0 Å². The van der Waals surface area contributed by atoms with Gasteiger partial charge in [0, 0.05) is 52.7 Å². The Morgan fingerprint density at radius 3 is 2.69 bits per heavy atom. The summed E-state index contributed by atoms with van der Waals surface area (Å²) in [5, 5.41) is 6.89. The Hall–Kier alpha value is -1.56.